The second-order valence-corrected chi connectivity index (χ2v) is 7.23. The maximum absolute atomic E-state index is 13.6. The third-order valence-corrected chi connectivity index (χ3v) is 5.02. The summed E-state index contributed by atoms with van der Waals surface area (Å²) in [5, 5.41) is 8.84. The summed E-state index contributed by atoms with van der Waals surface area (Å²) >= 11 is 0. The minimum absolute atomic E-state index is 0.0239. The van der Waals surface area contributed by atoms with Gasteiger partial charge in [0.15, 0.2) is 17.5 Å². The van der Waals surface area contributed by atoms with Crippen LogP contribution in [0.1, 0.15) is 34.6 Å². The van der Waals surface area contributed by atoms with Gasteiger partial charge in [0, 0.05) is 5.56 Å². The molecule has 164 valence electrons. The molecule has 1 saturated heterocycles. The van der Waals surface area contributed by atoms with Crippen molar-refractivity contribution in [3.8, 4) is 0 Å². The summed E-state index contributed by atoms with van der Waals surface area (Å²) in [6.45, 7) is 1.03. The summed E-state index contributed by atoms with van der Waals surface area (Å²) in [5.74, 6) is -3.10. The Hall–Kier alpha value is -4.15. The molecule has 1 fully saturated rings. The molecule has 2 heterocycles. The van der Waals surface area contributed by atoms with E-state index in [4.69, 9.17) is 4.52 Å². The Labute approximate surface area is 180 Å². The fourth-order valence-corrected chi connectivity index (χ4v) is 3.26. The zero-order valence-electron chi connectivity index (χ0n) is 16.8. The highest BCUT2D eigenvalue weighted by atomic mass is 19.2. The SMILES string of the molecule is C[C@@]1(c2ccc(F)c(F)c2)NC(=O)N(Cc2nc(CNC(=O)c3ccccc3)no2)C1=O. The molecule has 0 bridgehead atoms. The third-order valence-electron chi connectivity index (χ3n) is 5.02. The Morgan fingerprint density at radius 2 is 1.91 bits per heavy atom. The number of imide groups is 1. The fraction of sp³-hybridized carbons (Fsp3) is 0.190. The highest BCUT2D eigenvalue weighted by Gasteiger charge is 2.49. The van der Waals surface area contributed by atoms with Crippen molar-refractivity contribution in [3.05, 3.63) is 83.0 Å². The van der Waals surface area contributed by atoms with Gasteiger partial charge in [-0.05, 0) is 36.8 Å². The third kappa shape index (κ3) is 3.92. The first-order chi connectivity index (χ1) is 15.3. The van der Waals surface area contributed by atoms with Crippen LogP contribution in [-0.4, -0.2) is 32.9 Å². The first kappa shape index (κ1) is 21.1. The van der Waals surface area contributed by atoms with Gasteiger partial charge >= 0.3 is 6.03 Å². The smallest absolute Gasteiger partial charge is 0.325 e. The monoisotopic (exact) mass is 441 g/mol. The number of carbonyl (C=O) groups is 3. The Morgan fingerprint density at radius 3 is 2.62 bits per heavy atom. The van der Waals surface area contributed by atoms with Crippen LogP contribution >= 0.6 is 0 Å². The predicted molar refractivity (Wildman–Crippen MR) is 105 cm³/mol. The molecule has 0 radical (unpaired) electrons. The van der Waals surface area contributed by atoms with Gasteiger partial charge in [0.25, 0.3) is 11.8 Å². The van der Waals surface area contributed by atoms with Crippen molar-refractivity contribution >= 4 is 17.8 Å². The van der Waals surface area contributed by atoms with E-state index in [1.165, 1.54) is 13.0 Å². The molecule has 0 aliphatic carbocycles. The van der Waals surface area contributed by atoms with Gasteiger partial charge in [-0.2, -0.15) is 4.98 Å². The van der Waals surface area contributed by atoms with E-state index in [1.807, 2.05) is 0 Å². The largest absolute Gasteiger partial charge is 0.345 e. The number of hydrogen-bond acceptors (Lipinski definition) is 6. The number of amides is 4. The van der Waals surface area contributed by atoms with E-state index in [-0.39, 0.29) is 36.3 Å². The van der Waals surface area contributed by atoms with Gasteiger partial charge in [-0.15, -0.1) is 0 Å². The van der Waals surface area contributed by atoms with Gasteiger partial charge in [-0.3, -0.25) is 14.5 Å². The first-order valence-electron chi connectivity index (χ1n) is 9.52. The number of aromatic nitrogens is 2. The Kier molecular flexibility index (Phi) is 5.39. The minimum atomic E-state index is -1.59. The zero-order chi connectivity index (χ0) is 22.9. The number of nitrogens with one attached hydrogen (secondary N) is 2. The summed E-state index contributed by atoms with van der Waals surface area (Å²) in [6, 6.07) is 10.8. The fourth-order valence-electron chi connectivity index (χ4n) is 3.26. The number of nitrogens with zero attached hydrogens (tertiary/aromatic N) is 3. The van der Waals surface area contributed by atoms with E-state index < -0.39 is 29.1 Å². The van der Waals surface area contributed by atoms with Crippen LogP contribution in [0.25, 0.3) is 0 Å². The van der Waals surface area contributed by atoms with Crippen LogP contribution in [0.3, 0.4) is 0 Å². The Morgan fingerprint density at radius 1 is 1.16 bits per heavy atom. The highest BCUT2D eigenvalue weighted by molar-refractivity contribution is 6.07. The molecule has 0 spiro atoms. The quantitative estimate of drug-likeness (QED) is 0.567. The van der Waals surface area contributed by atoms with Gasteiger partial charge < -0.3 is 15.2 Å². The second-order valence-electron chi connectivity index (χ2n) is 7.23. The van der Waals surface area contributed by atoms with Crippen LogP contribution < -0.4 is 10.6 Å². The van der Waals surface area contributed by atoms with Crippen molar-refractivity contribution < 1.29 is 27.7 Å². The molecule has 2 aromatic carbocycles. The standard InChI is InChI=1S/C21H17F2N5O4/c1-21(13-7-8-14(22)15(23)9-13)19(30)28(20(31)26-21)11-17-25-16(27-32-17)10-24-18(29)12-5-3-2-4-6-12/h2-9H,10-11H2,1H3,(H,24,29)(H,26,31)/t21-/m0/s1. The van der Waals surface area contributed by atoms with Crippen LogP contribution in [0.15, 0.2) is 53.1 Å². The molecule has 1 aliphatic heterocycles. The number of urea groups is 1. The lowest BCUT2D eigenvalue weighted by Gasteiger charge is -2.22. The average Bonchev–Trinajstić information content (AvgIpc) is 3.33. The van der Waals surface area contributed by atoms with Gasteiger partial charge in [0.1, 0.15) is 12.1 Å². The Balaban J connectivity index is 1.43. The van der Waals surface area contributed by atoms with Crippen molar-refractivity contribution in [2.75, 3.05) is 0 Å². The molecule has 1 aromatic heterocycles. The molecule has 9 nitrogen and oxygen atoms in total. The summed E-state index contributed by atoms with van der Waals surface area (Å²) in [7, 11) is 0. The van der Waals surface area contributed by atoms with E-state index in [0.29, 0.717) is 5.56 Å². The average molecular weight is 441 g/mol. The van der Waals surface area contributed by atoms with Crippen LogP contribution in [0, 0.1) is 11.6 Å². The molecule has 3 aromatic rings. The van der Waals surface area contributed by atoms with Crippen molar-refractivity contribution in [1.29, 1.82) is 0 Å². The second kappa shape index (κ2) is 8.17. The molecule has 11 heteroatoms. The molecule has 32 heavy (non-hydrogen) atoms. The molecule has 1 atom stereocenters. The predicted octanol–water partition coefficient (Wildman–Crippen LogP) is 2.25. The molecule has 2 N–H and O–H groups in total. The Bertz CT molecular complexity index is 1200. The number of benzene rings is 2. The van der Waals surface area contributed by atoms with Crippen LogP contribution in [0.2, 0.25) is 0 Å². The van der Waals surface area contributed by atoms with E-state index in [9.17, 15) is 23.2 Å². The maximum Gasteiger partial charge on any atom is 0.325 e. The van der Waals surface area contributed by atoms with Gasteiger partial charge in [-0.1, -0.05) is 29.4 Å². The minimum Gasteiger partial charge on any atom is -0.345 e. The van der Waals surface area contributed by atoms with Crippen molar-refractivity contribution in [3.63, 3.8) is 0 Å². The van der Waals surface area contributed by atoms with Crippen LogP contribution in [0.4, 0.5) is 13.6 Å². The van der Waals surface area contributed by atoms with Crippen LogP contribution in [0.5, 0.6) is 0 Å². The van der Waals surface area contributed by atoms with Crippen molar-refractivity contribution in [2.24, 2.45) is 0 Å². The normalized spacial score (nSPS) is 18.0. The summed E-state index contributed by atoms with van der Waals surface area (Å²) < 4.78 is 32.0. The zero-order valence-corrected chi connectivity index (χ0v) is 16.8. The number of carbonyl (C=O) groups excluding carboxylic acids is 3. The van der Waals surface area contributed by atoms with Crippen molar-refractivity contribution in [1.82, 2.24) is 25.7 Å². The molecular formula is C21H17F2N5O4. The van der Waals surface area contributed by atoms with E-state index in [2.05, 4.69) is 20.8 Å². The summed E-state index contributed by atoms with van der Waals surface area (Å²) in [6.07, 6.45) is 0. The molecule has 4 amide bonds. The molecular weight excluding hydrogens is 424 g/mol. The maximum atomic E-state index is 13.6. The lowest BCUT2D eigenvalue weighted by molar-refractivity contribution is -0.131. The van der Waals surface area contributed by atoms with Gasteiger partial charge in [0.2, 0.25) is 5.89 Å². The molecule has 0 unspecified atom stereocenters. The van der Waals surface area contributed by atoms with Gasteiger partial charge in [-0.25, -0.2) is 13.6 Å². The lowest BCUT2D eigenvalue weighted by Crippen LogP contribution is -2.41. The van der Waals surface area contributed by atoms with Gasteiger partial charge in [0.05, 0.1) is 6.54 Å². The highest BCUT2D eigenvalue weighted by Crippen LogP contribution is 2.30. The summed E-state index contributed by atoms with van der Waals surface area (Å²) in [5.41, 5.74) is -1.03. The van der Waals surface area contributed by atoms with Crippen LogP contribution in [-0.2, 0) is 23.4 Å². The lowest BCUT2D eigenvalue weighted by atomic mass is 9.92. The molecule has 4 rings (SSSR count). The van der Waals surface area contributed by atoms with E-state index in [0.717, 1.165) is 17.0 Å². The van der Waals surface area contributed by atoms with E-state index >= 15 is 0 Å². The van der Waals surface area contributed by atoms with Crippen molar-refractivity contribution in [2.45, 2.75) is 25.6 Å². The topological polar surface area (TPSA) is 117 Å². The number of hydrogen-bond donors (Lipinski definition) is 2. The number of rotatable bonds is 6. The van der Waals surface area contributed by atoms with E-state index in [1.54, 1.807) is 30.3 Å². The first-order valence-corrected chi connectivity index (χ1v) is 9.52. The molecule has 1 aliphatic rings. The summed E-state index contributed by atoms with van der Waals surface area (Å²) in [4.78, 5) is 42.3. The number of halogens is 2. The molecule has 0 saturated carbocycles.